The molecule has 0 saturated carbocycles. The Hall–Kier alpha value is -2.80. The molecule has 7 heteroatoms. The second-order valence-electron chi connectivity index (χ2n) is 6.52. The summed E-state index contributed by atoms with van der Waals surface area (Å²) in [7, 11) is 3.36. The van der Waals surface area contributed by atoms with Gasteiger partial charge in [0.2, 0.25) is 5.91 Å². The van der Waals surface area contributed by atoms with Gasteiger partial charge >= 0.3 is 5.97 Å². The van der Waals surface area contributed by atoms with Crippen LogP contribution >= 0.6 is 11.8 Å². The highest BCUT2D eigenvalue weighted by molar-refractivity contribution is 8.00. The predicted octanol–water partition coefficient (Wildman–Crippen LogP) is 3.28. The van der Waals surface area contributed by atoms with Crippen molar-refractivity contribution in [3.05, 3.63) is 59.2 Å². The van der Waals surface area contributed by atoms with Gasteiger partial charge in [-0.25, -0.2) is 4.79 Å². The van der Waals surface area contributed by atoms with E-state index in [0.29, 0.717) is 16.1 Å². The highest BCUT2D eigenvalue weighted by atomic mass is 32.2. The van der Waals surface area contributed by atoms with Crippen LogP contribution in [0.5, 0.6) is 0 Å². The van der Waals surface area contributed by atoms with Gasteiger partial charge in [-0.2, -0.15) is 0 Å². The van der Waals surface area contributed by atoms with E-state index in [4.69, 9.17) is 4.74 Å². The van der Waals surface area contributed by atoms with Crippen LogP contribution in [-0.4, -0.2) is 49.1 Å². The number of benzene rings is 2. The van der Waals surface area contributed by atoms with E-state index in [2.05, 4.69) is 5.32 Å². The van der Waals surface area contributed by atoms with E-state index in [-0.39, 0.29) is 18.3 Å². The molecule has 2 amide bonds. The fourth-order valence-electron chi connectivity index (χ4n) is 2.30. The molecule has 2 aromatic rings. The lowest BCUT2D eigenvalue weighted by atomic mass is 10.1. The van der Waals surface area contributed by atoms with Crippen molar-refractivity contribution >= 4 is 35.2 Å². The minimum Gasteiger partial charge on any atom is -0.452 e. The molecule has 2 aromatic carbocycles. The molecule has 0 unspecified atom stereocenters. The van der Waals surface area contributed by atoms with Crippen LogP contribution in [0.3, 0.4) is 0 Å². The monoisotopic (exact) mass is 400 g/mol. The number of hydrogen-bond donors (Lipinski definition) is 1. The Morgan fingerprint density at radius 3 is 2.50 bits per heavy atom. The molecular weight excluding hydrogens is 376 g/mol. The topological polar surface area (TPSA) is 75.7 Å². The Morgan fingerprint density at radius 1 is 1.07 bits per heavy atom. The first-order valence-electron chi connectivity index (χ1n) is 8.74. The van der Waals surface area contributed by atoms with Gasteiger partial charge in [-0.3, -0.25) is 9.59 Å². The van der Waals surface area contributed by atoms with Crippen LogP contribution in [0.4, 0.5) is 5.69 Å². The smallest absolute Gasteiger partial charge is 0.339 e. The number of carbonyl (C=O) groups excluding carboxylic acids is 3. The molecule has 6 nitrogen and oxygen atoms in total. The molecule has 0 fully saturated rings. The number of carbonyl (C=O) groups is 3. The maximum absolute atomic E-state index is 12.4. The summed E-state index contributed by atoms with van der Waals surface area (Å²) in [6, 6.07) is 12.6. The van der Waals surface area contributed by atoms with E-state index in [1.54, 1.807) is 38.4 Å². The highest BCUT2D eigenvalue weighted by Crippen LogP contribution is 2.23. The Kier molecular flexibility index (Phi) is 7.63. The number of anilines is 1. The lowest BCUT2D eigenvalue weighted by Crippen LogP contribution is -2.23. The SMILES string of the molecule is Cc1ccc(C)c(NC(=O)COC(=O)c2ccccc2SCC(=O)N(C)C)c1. The molecule has 0 aliphatic heterocycles. The van der Waals surface area contributed by atoms with Crippen molar-refractivity contribution in [3.63, 3.8) is 0 Å². The summed E-state index contributed by atoms with van der Waals surface area (Å²) < 4.78 is 5.17. The molecule has 0 saturated heterocycles. The fraction of sp³-hybridized carbons (Fsp3) is 0.286. The number of ether oxygens (including phenoxy) is 1. The third-order valence-electron chi connectivity index (χ3n) is 3.96. The molecule has 0 spiro atoms. The molecule has 0 radical (unpaired) electrons. The van der Waals surface area contributed by atoms with Crippen LogP contribution in [0, 0.1) is 13.8 Å². The fourth-order valence-corrected chi connectivity index (χ4v) is 3.31. The Bertz CT molecular complexity index is 880. The lowest BCUT2D eigenvalue weighted by Gasteiger charge is -2.12. The van der Waals surface area contributed by atoms with Gasteiger partial charge in [0.05, 0.1) is 11.3 Å². The largest absolute Gasteiger partial charge is 0.452 e. The summed E-state index contributed by atoms with van der Waals surface area (Å²) in [6.45, 7) is 3.44. The van der Waals surface area contributed by atoms with Gasteiger partial charge in [0.1, 0.15) is 0 Å². The number of aryl methyl sites for hydroxylation is 2. The second-order valence-corrected chi connectivity index (χ2v) is 7.53. The van der Waals surface area contributed by atoms with Crippen molar-refractivity contribution in [1.82, 2.24) is 4.90 Å². The van der Waals surface area contributed by atoms with Gasteiger partial charge in [-0.05, 0) is 43.2 Å². The molecule has 0 atom stereocenters. The zero-order valence-corrected chi connectivity index (χ0v) is 17.3. The molecule has 0 aliphatic carbocycles. The summed E-state index contributed by atoms with van der Waals surface area (Å²) in [5.41, 5.74) is 2.98. The molecule has 2 rings (SSSR count). The first-order valence-corrected chi connectivity index (χ1v) is 9.72. The molecule has 148 valence electrons. The van der Waals surface area contributed by atoms with E-state index in [1.165, 1.54) is 16.7 Å². The van der Waals surface area contributed by atoms with Gasteiger partial charge < -0.3 is 15.0 Å². The Morgan fingerprint density at radius 2 is 1.79 bits per heavy atom. The van der Waals surface area contributed by atoms with Crippen molar-refractivity contribution < 1.29 is 19.1 Å². The van der Waals surface area contributed by atoms with Crippen LogP contribution in [0.25, 0.3) is 0 Å². The summed E-state index contributed by atoms with van der Waals surface area (Å²) in [4.78, 5) is 38.5. The third kappa shape index (κ3) is 6.13. The van der Waals surface area contributed by atoms with Crippen LogP contribution in [0.15, 0.2) is 47.4 Å². The first kappa shape index (κ1) is 21.5. The zero-order valence-electron chi connectivity index (χ0n) is 16.4. The quantitative estimate of drug-likeness (QED) is 0.570. The highest BCUT2D eigenvalue weighted by Gasteiger charge is 2.16. The van der Waals surface area contributed by atoms with Crippen LogP contribution in [-0.2, 0) is 14.3 Å². The number of rotatable bonds is 7. The summed E-state index contributed by atoms with van der Waals surface area (Å²) >= 11 is 1.26. The standard InChI is InChI=1S/C21H24N2O4S/c1-14-9-10-15(2)17(11-14)22-19(24)12-27-21(26)16-7-5-6-8-18(16)28-13-20(25)23(3)4/h5-11H,12-13H2,1-4H3,(H,22,24). The molecule has 1 N–H and O–H groups in total. The molecule has 28 heavy (non-hydrogen) atoms. The average Bonchev–Trinajstić information content (AvgIpc) is 2.67. The number of esters is 1. The Labute approximate surface area is 169 Å². The van der Waals surface area contributed by atoms with Crippen molar-refractivity contribution in [2.24, 2.45) is 0 Å². The van der Waals surface area contributed by atoms with E-state index >= 15 is 0 Å². The molecule has 0 bridgehead atoms. The lowest BCUT2D eigenvalue weighted by molar-refractivity contribution is -0.125. The number of hydrogen-bond acceptors (Lipinski definition) is 5. The van der Waals surface area contributed by atoms with Crippen LogP contribution in [0.2, 0.25) is 0 Å². The van der Waals surface area contributed by atoms with Gasteiger partial charge in [0, 0.05) is 24.7 Å². The summed E-state index contributed by atoms with van der Waals surface area (Å²) in [5, 5.41) is 2.75. The zero-order chi connectivity index (χ0) is 20.7. The molecule has 0 aliphatic rings. The summed E-state index contributed by atoms with van der Waals surface area (Å²) in [6.07, 6.45) is 0. The minimum atomic E-state index is -0.600. The van der Waals surface area contributed by atoms with E-state index in [9.17, 15) is 14.4 Å². The normalized spacial score (nSPS) is 10.3. The third-order valence-corrected chi connectivity index (χ3v) is 5.02. The Balaban J connectivity index is 1.96. The number of nitrogens with zero attached hydrogens (tertiary/aromatic N) is 1. The molecule has 0 aromatic heterocycles. The number of thioether (sulfide) groups is 1. The summed E-state index contributed by atoms with van der Waals surface area (Å²) in [5.74, 6) is -0.850. The average molecular weight is 401 g/mol. The predicted molar refractivity (Wildman–Crippen MR) is 111 cm³/mol. The number of amides is 2. The molecule has 0 heterocycles. The second kappa shape index (κ2) is 9.94. The van der Waals surface area contributed by atoms with Gasteiger partial charge in [0.15, 0.2) is 6.61 Å². The van der Waals surface area contributed by atoms with E-state index in [1.807, 2.05) is 32.0 Å². The molecular formula is C21H24N2O4S. The first-order chi connectivity index (χ1) is 13.3. The van der Waals surface area contributed by atoms with Gasteiger partial charge in [-0.1, -0.05) is 24.3 Å². The maximum atomic E-state index is 12.4. The van der Waals surface area contributed by atoms with Crippen LogP contribution in [0.1, 0.15) is 21.5 Å². The van der Waals surface area contributed by atoms with Gasteiger partial charge in [-0.15, -0.1) is 11.8 Å². The van der Waals surface area contributed by atoms with Gasteiger partial charge in [0.25, 0.3) is 5.91 Å². The van der Waals surface area contributed by atoms with E-state index < -0.39 is 11.9 Å². The van der Waals surface area contributed by atoms with Crippen molar-refractivity contribution in [3.8, 4) is 0 Å². The van der Waals surface area contributed by atoms with Crippen molar-refractivity contribution in [2.75, 3.05) is 31.8 Å². The van der Waals surface area contributed by atoms with Crippen LogP contribution < -0.4 is 5.32 Å². The van der Waals surface area contributed by atoms with E-state index in [0.717, 1.165) is 11.1 Å². The van der Waals surface area contributed by atoms with Crippen molar-refractivity contribution in [1.29, 1.82) is 0 Å². The number of nitrogens with one attached hydrogen (secondary N) is 1. The minimum absolute atomic E-state index is 0.0546. The maximum Gasteiger partial charge on any atom is 0.339 e. The van der Waals surface area contributed by atoms with Crippen molar-refractivity contribution in [2.45, 2.75) is 18.7 Å².